The Labute approximate surface area is 86.0 Å². The fraction of sp³-hybridized carbons (Fsp3) is 0.444. The molecule has 0 bridgehead atoms. The van der Waals surface area contributed by atoms with E-state index in [4.69, 9.17) is 30.8 Å². The van der Waals surface area contributed by atoms with E-state index >= 15 is 0 Å². The molecule has 0 aromatic carbocycles. The average molecular weight is 214 g/mol. The van der Waals surface area contributed by atoms with Crippen LogP contribution in [0.2, 0.25) is 5.22 Å². The van der Waals surface area contributed by atoms with Gasteiger partial charge in [-0.05, 0) is 23.7 Å². The molecule has 0 radical (unpaired) electrons. The zero-order chi connectivity index (χ0) is 9.97. The smallest absolute Gasteiger partial charge is 0.217 e. The van der Waals surface area contributed by atoms with E-state index in [0.717, 1.165) is 0 Å². The van der Waals surface area contributed by atoms with Crippen LogP contribution in [-0.4, -0.2) is 12.7 Å². The van der Waals surface area contributed by atoms with E-state index in [9.17, 15) is 0 Å². The lowest BCUT2D eigenvalue weighted by atomic mass is 10.3. The summed E-state index contributed by atoms with van der Waals surface area (Å²) in [6, 6.07) is 5.35. The summed E-state index contributed by atoms with van der Waals surface area (Å²) in [4.78, 5) is 0. The van der Waals surface area contributed by atoms with Crippen molar-refractivity contribution in [1.29, 1.82) is 5.26 Å². The first-order chi connectivity index (χ1) is 6.79. The Morgan fingerprint density at radius 3 is 3.07 bits per heavy atom. The van der Waals surface area contributed by atoms with E-state index < -0.39 is 6.29 Å². The van der Waals surface area contributed by atoms with E-state index in [1.54, 1.807) is 12.1 Å². The van der Waals surface area contributed by atoms with E-state index in [0.29, 0.717) is 24.0 Å². The molecule has 74 valence electrons. The largest absolute Gasteiger partial charge is 0.444 e. The molecule has 1 aromatic rings. The molecule has 2 rings (SSSR count). The molecule has 1 saturated heterocycles. The van der Waals surface area contributed by atoms with E-state index in [2.05, 4.69) is 0 Å². The number of furan rings is 1. The molecule has 0 saturated carbocycles. The van der Waals surface area contributed by atoms with E-state index in [1.165, 1.54) is 0 Å². The van der Waals surface area contributed by atoms with Gasteiger partial charge in [0, 0.05) is 0 Å². The van der Waals surface area contributed by atoms with Crippen LogP contribution in [0.5, 0.6) is 0 Å². The van der Waals surface area contributed by atoms with Crippen molar-refractivity contribution in [3.63, 3.8) is 0 Å². The van der Waals surface area contributed by atoms with Crippen molar-refractivity contribution in [2.75, 3.05) is 6.61 Å². The zero-order valence-corrected chi connectivity index (χ0v) is 8.03. The summed E-state index contributed by atoms with van der Waals surface area (Å²) in [5.74, 6) is 0.537. The summed E-state index contributed by atoms with van der Waals surface area (Å²) in [5.41, 5.74) is 0. The van der Waals surface area contributed by atoms with Gasteiger partial charge in [0.05, 0.1) is 25.2 Å². The fourth-order valence-electron chi connectivity index (χ4n) is 1.26. The molecule has 0 amide bonds. The first kappa shape index (κ1) is 9.53. The highest BCUT2D eigenvalue weighted by atomic mass is 35.5. The topological polar surface area (TPSA) is 55.4 Å². The highest BCUT2D eigenvalue weighted by Gasteiger charge is 2.29. The average Bonchev–Trinajstić information content (AvgIpc) is 2.74. The van der Waals surface area contributed by atoms with Gasteiger partial charge in [-0.3, -0.25) is 0 Å². The number of hydrogen-bond acceptors (Lipinski definition) is 4. The maximum absolute atomic E-state index is 8.46. The van der Waals surface area contributed by atoms with Crippen molar-refractivity contribution in [2.24, 2.45) is 0 Å². The minimum atomic E-state index is -0.527. The second kappa shape index (κ2) is 4.01. The first-order valence-electron chi connectivity index (χ1n) is 4.19. The normalized spacial score (nSPS) is 26.3. The standard InChI is InChI=1S/C9H8ClNO3/c10-8-2-1-7(14-8)9-12-5-6(13-9)3-4-11/h1-2,6,9H,3,5H2. The van der Waals surface area contributed by atoms with Gasteiger partial charge in [-0.15, -0.1) is 0 Å². The minimum Gasteiger partial charge on any atom is -0.444 e. The van der Waals surface area contributed by atoms with Gasteiger partial charge < -0.3 is 13.9 Å². The van der Waals surface area contributed by atoms with Crippen molar-refractivity contribution in [2.45, 2.75) is 18.8 Å². The Kier molecular flexibility index (Phi) is 2.73. The van der Waals surface area contributed by atoms with Gasteiger partial charge in [0.15, 0.2) is 11.0 Å². The van der Waals surface area contributed by atoms with Crippen LogP contribution in [0.3, 0.4) is 0 Å². The second-order valence-corrected chi connectivity index (χ2v) is 3.30. The van der Waals surface area contributed by atoms with Crippen LogP contribution in [-0.2, 0) is 9.47 Å². The number of rotatable bonds is 2. The highest BCUT2D eigenvalue weighted by Crippen LogP contribution is 2.30. The third-order valence-electron chi connectivity index (χ3n) is 1.89. The van der Waals surface area contributed by atoms with Gasteiger partial charge in [0.25, 0.3) is 0 Å². The molecule has 5 heteroatoms. The third-order valence-corrected chi connectivity index (χ3v) is 2.10. The molecule has 2 heterocycles. The van der Waals surface area contributed by atoms with Gasteiger partial charge in [-0.25, -0.2) is 0 Å². The van der Waals surface area contributed by atoms with Crippen LogP contribution < -0.4 is 0 Å². The van der Waals surface area contributed by atoms with Crippen molar-refractivity contribution >= 4 is 11.6 Å². The number of nitriles is 1. The number of ether oxygens (including phenoxy) is 2. The Morgan fingerprint density at radius 2 is 2.43 bits per heavy atom. The fourth-order valence-corrected chi connectivity index (χ4v) is 1.41. The maximum atomic E-state index is 8.46. The Bertz CT molecular complexity index is 357. The molecule has 0 spiro atoms. The quantitative estimate of drug-likeness (QED) is 0.756. The van der Waals surface area contributed by atoms with Crippen LogP contribution in [0, 0.1) is 11.3 Å². The van der Waals surface area contributed by atoms with E-state index in [-0.39, 0.29) is 6.10 Å². The molecule has 4 nitrogen and oxygen atoms in total. The molecular weight excluding hydrogens is 206 g/mol. The first-order valence-corrected chi connectivity index (χ1v) is 4.56. The third kappa shape index (κ3) is 1.90. The Balaban J connectivity index is 1.99. The van der Waals surface area contributed by atoms with Crippen LogP contribution >= 0.6 is 11.6 Å². The molecule has 0 N–H and O–H groups in total. The molecular formula is C9H8ClNO3. The molecule has 1 aliphatic rings. The van der Waals surface area contributed by atoms with Crippen molar-refractivity contribution in [3.8, 4) is 6.07 Å². The number of nitrogens with zero attached hydrogens (tertiary/aromatic N) is 1. The summed E-state index contributed by atoms with van der Waals surface area (Å²) in [6.45, 7) is 0.413. The number of hydrogen-bond donors (Lipinski definition) is 0. The minimum absolute atomic E-state index is 0.172. The van der Waals surface area contributed by atoms with Gasteiger partial charge in [0.1, 0.15) is 0 Å². The molecule has 2 atom stereocenters. The molecule has 0 aliphatic carbocycles. The monoisotopic (exact) mass is 213 g/mol. The van der Waals surface area contributed by atoms with Crippen LogP contribution in [0.25, 0.3) is 0 Å². The summed E-state index contributed by atoms with van der Waals surface area (Å²) in [6.07, 6.45) is -0.375. The predicted octanol–water partition coefficient (Wildman–Crippen LogP) is 2.26. The lowest BCUT2D eigenvalue weighted by Gasteiger charge is -2.05. The Hall–Kier alpha value is -1.02. The summed E-state index contributed by atoms with van der Waals surface area (Å²) in [7, 11) is 0. The molecule has 1 fully saturated rings. The summed E-state index contributed by atoms with van der Waals surface area (Å²) < 4.78 is 15.8. The van der Waals surface area contributed by atoms with Gasteiger partial charge in [-0.1, -0.05) is 0 Å². The summed E-state index contributed by atoms with van der Waals surface area (Å²) in [5, 5.41) is 8.76. The summed E-state index contributed by atoms with van der Waals surface area (Å²) >= 11 is 5.61. The Morgan fingerprint density at radius 1 is 1.57 bits per heavy atom. The van der Waals surface area contributed by atoms with E-state index in [1.807, 2.05) is 6.07 Å². The van der Waals surface area contributed by atoms with Gasteiger partial charge in [-0.2, -0.15) is 5.26 Å². The molecule has 1 aliphatic heterocycles. The SMILES string of the molecule is N#CCC1COC(c2ccc(Cl)o2)O1. The van der Waals surface area contributed by atoms with Crippen molar-refractivity contribution in [1.82, 2.24) is 0 Å². The van der Waals surface area contributed by atoms with Crippen LogP contribution in [0.15, 0.2) is 16.5 Å². The van der Waals surface area contributed by atoms with Crippen molar-refractivity contribution < 1.29 is 13.9 Å². The zero-order valence-electron chi connectivity index (χ0n) is 7.27. The number of halogens is 1. The molecule has 14 heavy (non-hydrogen) atoms. The maximum Gasteiger partial charge on any atom is 0.217 e. The van der Waals surface area contributed by atoms with Gasteiger partial charge in [0.2, 0.25) is 6.29 Å². The lowest BCUT2D eigenvalue weighted by Crippen LogP contribution is -2.07. The second-order valence-electron chi connectivity index (χ2n) is 2.93. The van der Waals surface area contributed by atoms with Crippen LogP contribution in [0.1, 0.15) is 18.5 Å². The van der Waals surface area contributed by atoms with Crippen LogP contribution in [0.4, 0.5) is 0 Å². The van der Waals surface area contributed by atoms with Gasteiger partial charge >= 0.3 is 0 Å². The molecule has 2 unspecified atom stereocenters. The molecule has 1 aromatic heterocycles. The highest BCUT2D eigenvalue weighted by molar-refractivity contribution is 6.28. The van der Waals surface area contributed by atoms with Crippen molar-refractivity contribution in [3.05, 3.63) is 23.1 Å². The predicted molar refractivity (Wildman–Crippen MR) is 47.5 cm³/mol. The lowest BCUT2D eigenvalue weighted by molar-refractivity contribution is -0.0729.